The number of H-pyrrole nitrogens is 1. The summed E-state index contributed by atoms with van der Waals surface area (Å²) in [6.45, 7) is 7.56. The van der Waals surface area contributed by atoms with E-state index in [4.69, 9.17) is 9.31 Å². The molecule has 0 aliphatic carbocycles. The van der Waals surface area contributed by atoms with E-state index in [1.807, 2.05) is 27.7 Å². The molecule has 1 fully saturated rings. The van der Waals surface area contributed by atoms with Gasteiger partial charge in [0.2, 0.25) is 0 Å². The third-order valence-corrected chi connectivity index (χ3v) is 3.47. The standard InChI is InChI=1S/C11H16BNO4/c1-10(2)11(3,4)17-12(16-10)8-7(14)5-6-13-9(8)15/h5-6H,1-4H3,(H2,13,14,15). The molecule has 1 aliphatic rings. The van der Waals surface area contributed by atoms with Gasteiger partial charge in [-0.1, -0.05) is 0 Å². The topological polar surface area (TPSA) is 71.5 Å². The lowest BCUT2D eigenvalue weighted by atomic mass is 9.79. The van der Waals surface area contributed by atoms with Crippen molar-refractivity contribution in [1.82, 2.24) is 4.98 Å². The summed E-state index contributed by atoms with van der Waals surface area (Å²) in [4.78, 5) is 14.2. The molecule has 92 valence electrons. The van der Waals surface area contributed by atoms with Gasteiger partial charge in [0, 0.05) is 6.20 Å². The molecule has 0 radical (unpaired) electrons. The highest BCUT2D eigenvalue weighted by molar-refractivity contribution is 6.62. The van der Waals surface area contributed by atoms with Crippen LogP contribution >= 0.6 is 0 Å². The van der Waals surface area contributed by atoms with Gasteiger partial charge in [0.15, 0.2) is 0 Å². The molecule has 0 unspecified atom stereocenters. The minimum Gasteiger partial charge on any atom is -0.508 e. The van der Waals surface area contributed by atoms with Crippen LogP contribution in [0.5, 0.6) is 5.75 Å². The number of nitrogens with one attached hydrogen (secondary N) is 1. The van der Waals surface area contributed by atoms with Crippen LogP contribution < -0.4 is 11.0 Å². The van der Waals surface area contributed by atoms with Crippen LogP contribution in [0.25, 0.3) is 0 Å². The number of pyridine rings is 1. The lowest BCUT2D eigenvalue weighted by molar-refractivity contribution is 0.00578. The van der Waals surface area contributed by atoms with Gasteiger partial charge in [-0.25, -0.2) is 0 Å². The summed E-state index contributed by atoms with van der Waals surface area (Å²) < 4.78 is 11.4. The molecule has 2 N–H and O–H groups in total. The number of hydrogen-bond acceptors (Lipinski definition) is 4. The smallest absolute Gasteiger partial charge is 0.504 e. The van der Waals surface area contributed by atoms with Crippen molar-refractivity contribution in [3.63, 3.8) is 0 Å². The molecular weight excluding hydrogens is 221 g/mol. The summed E-state index contributed by atoms with van der Waals surface area (Å²) in [5.41, 5.74) is -1.35. The summed E-state index contributed by atoms with van der Waals surface area (Å²) in [6, 6.07) is 1.40. The molecule has 2 rings (SSSR count). The first-order chi connectivity index (χ1) is 7.74. The molecule has 5 nitrogen and oxygen atoms in total. The molecule has 0 spiro atoms. The van der Waals surface area contributed by atoms with Crippen molar-refractivity contribution < 1.29 is 14.4 Å². The maximum Gasteiger partial charge on any atom is 0.504 e. The van der Waals surface area contributed by atoms with E-state index in [1.165, 1.54) is 12.3 Å². The monoisotopic (exact) mass is 237 g/mol. The predicted octanol–water partition coefficient (Wildman–Crippen LogP) is 0.380. The van der Waals surface area contributed by atoms with Crippen molar-refractivity contribution >= 4 is 12.6 Å². The molecule has 1 aromatic rings. The normalized spacial score (nSPS) is 21.8. The third-order valence-electron chi connectivity index (χ3n) is 3.47. The van der Waals surface area contributed by atoms with Crippen molar-refractivity contribution in [1.29, 1.82) is 0 Å². The molecule has 2 heterocycles. The molecule has 1 aromatic heterocycles. The SMILES string of the molecule is CC1(C)OB(c2c(O)cc[nH]c2=O)OC1(C)C. The van der Waals surface area contributed by atoms with Crippen LogP contribution in [0.4, 0.5) is 0 Å². The molecule has 0 aromatic carbocycles. The number of aromatic amines is 1. The second-order valence-electron chi connectivity index (χ2n) is 5.19. The maximum atomic E-state index is 11.7. The fourth-order valence-corrected chi connectivity index (χ4v) is 1.67. The lowest BCUT2D eigenvalue weighted by Crippen LogP contribution is -2.44. The zero-order chi connectivity index (χ0) is 12.8. The van der Waals surface area contributed by atoms with Gasteiger partial charge in [0.1, 0.15) is 5.75 Å². The summed E-state index contributed by atoms with van der Waals surface area (Å²) in [5, 5.41) is 9.71. The van der Waals surface area contributed by atoms with Gasteiger partial charge in [-0.3, -0.25) is 4.79 Å². The fourth-order valence-electron chi connectivity index (χ4n) is 1.67. The molecular formula is C11H16BNO4. The zero-order valence-corrected chi connectivity index (χ0v) is 10.4. The van der Waals surface area contributed by atoms with Gasteiger partial charge in [-0.2, -0.15) is 0 Å². The number of rotatable bonds is 1. The van der Waals surface area contributed by atoms with E-state index in [-0.39, 0.29) is 11.2 Å². The maximum absolute atomic E-state index is 11.7. The molecule has 1 saturated heterocycles. The van der Waals surface area contributed by atoms with Gasteiger partial charge in [0.25, 0.3) is 5.56 Å². The summed E-state index contributed by atoms with van der Waals surface area (Å²) in [7, 11) is -0.843. The van der Waals surface area contributed by atoms with Gasteiger partial charge in [0.05, 0.1) is 16.7 Å². The quantitative estimate of drug-likeness (QED) is 0.692. The molecule has 0 amide bonds. The average Bonchev–Trinajstić information content (AvgIpc) is 2.35. The van der Waals surface area contributed by atoms with E-state index in [2.05, 4.69) is 4.98 Å². The number of aromatic hydroxyl groups is 1. The summed E-state index contributed by atoms with van der Waals surface area (Å²) >= 11 is 0. The van der Waals surface area contributed by atoms with Gasteiger partial charge >= 0.3 is 7.12 Å². The molecule has 0 atom stereocenters. The highest BCUT2D eigenvalue weighted by Gasteiger charge is 2.53. The third kappa shape index (κ3) is 1.87. The Morgan fingerprint density at radius 3 is 2.24 bits per heavy atom. The van der Waals surface area contributed by atoms with E-state index >= 15 is 0 Å². The fraction of sp³-hybridized carbons (Fsp3) is 0.545. The first kappa shape index (κ1) is 12.2. The van der Waals surface area contributed by atoms with Gasteiger partial charge in [-0.15, -0.1) is 0 Å². The van der Waals surface area contributed by atoms with Crippen molar-refractivity contribution in [2.24, 2.45) is 0 Å². The Morgan fingerprint density at radius 1 is 1.24 bits per heavy atom. The summed E-state index contributed by atoms with van der Waals surface area (Å²) in [6.07, 6.45) is 1.38. The number of aromatic nitrogens is 1. The predicted molar refractivity (Wildman–Crippen MR) is 64.4 cm³/mol. The zero-order valence-electron chi connectivity index (χ0n) is 10.4. The Bertz CT molecular complexity index is 478. The van der Waals surface area contributed by atoms with E-state index in [0.29, 0.717) is 0 Å². The first-order valence-electron chi connectivity index (χ1n) is 5.51. The Labute approximate surface area is 99.9 Å². The molecule has 6 heteroatoms. The Kier molecular flexibility index (Phi) is 2.59. The Morgan fingerprint density at radius 2 is 1.76 bits per heavy atom. The largest absolute Gasteiger partial charge is 0.508 e. The molecule has 0 saturated carbocycles. The van der Waals surface area contributed by atoms with Crippen LogP contribution in [0, 0.1) is 0 Å². The van der Waals surface area contributed by atoms with Crippen molar-refractivity contribution in [2.75, 3.05) is 0 Å². The lowest BCUT2D eigenvalue weighted by Gasteiger charge is -2.32. The molecule has 0 bridgehead atoms. The van der Waals surface area contributed by atoms with Crippen LogP contribution in [0.2, 0.25) is 0 Å². The highest BCUT2D eigenvalue weighted by Crippen LogP contribution is 2.36. The summed E-state index contributed by atoms with van der Waals surface area (Å²) in [5.74, 6) is -0.118. The van der Waals surface area contributed by atoms with Crippen molar-refractivity contribution in [3.05, 3.63) is 22.6 Å². The average molecular weight is 237 g/mol. The Balaban J connectivity index is 2.43. The van der Waals surface area contributed by atoms with Crippen LogP contribution in [-0.4, -0.2) is 28.4 Å². The van der Waals surface area contributed by atoms with E-state index < -0.39 is 23.9 Å². The van der Waals surface area contributed by atoms with Crippen LogP contribution in [0.15, 0.2) is 17.1 Å². The Hall–Kier alpha value is -1.27. The highest BCUT2D eigenvalue weighted by atomic mass is 16.7. The minimum atomic E-state index is -0.843. The second kappa shape index (κ2) is 3.61. The first-order valence-corrected chi connectivity index (χ1v) is 5.51. The van der Waals surface area contributed by atoms with Crippen LogP contribution in [-0.2, 0) is 9.31 Å². The van der Waals surface area contributed by atoms with E-state index in [0.717, 1.165) is 0 Å². The van der Waals surface area contributed by atoms with E-state index in [1.54, 1.807) is 0 Å². The molecule has 1 aliphatic heterocycles. The number of hydrogen-bond donors (Lipinski definition) is 2. The van der Waals surface area contributed by atoms with Crippen molar-refractivity contribution in [3.8, 4) is 5.75 Å². The molecule has 17 heavy (non-hydrogen) atoms. The second-order valence-corrected chi connectivity index (χ2v) is 5.19. The van der Waals surface area contributed by atoms with Gasteiger partial charge in [-0.05, 0) is 33.8 Å². The minimum absolute atomic E-state index is 0.117. The van der Waals surface area contributed by atoms with Crippen molar-refractivity contribution in [2.45, 2.75) is 38.9 Å². The van der Waals surface area contributed by atoms with Crippen LogP contribution in [0.3, 0.4) is 0 Å². The van der Waals surface area contributed by atoms with Gasteiger partial charge < -0.3 is 19.4 Å². The van der Waals surface area contributed by atoms with E-state index in [9.17, 15) is 9.90 Å². The van der Waals surface area contributed by atoms with Crippen LogP contribution in [0.1, 0.15) is 27.7 Å².